The van der Waals surface area contributed by atoms with Crippen LogP contribution in [0.25, 0.3) is 0 Å². The number of ketones is 3. The number of hydrogen-bond donors (Lipinski definition) is 2. The van der Waals surface area contributed by atoms with Crippen LogP contribution in [-0.2, 0) is 30.4 Å². The zero-order chi connectivity index (χ0) is 18.7. The standard InChI is InChI=1S/C18H21NO6/c20-14(8-9-17(23)24)6-7-15(21)10-11-19-18(25)16(22)12-13-4-2-1-3-5-13/h1-5H,6-12H2,(H,19,25)(H,23,24). The Hall–Kier alpha value is -2.83. The summed E-state index contributed by atoms with van der Waals surface area (Å²) in [5.41, 5.74) is 0.735. The predicted octanol–water partition coefficient (Wildman–Crippen LogP) is 1.09. The van der Waals surface area contributed by atoms with Gasteiger partial charge >= 0.3 is 5.97 Å². The fourth-order valence-corrected chi connectivity index (χ4v) is 2.05. The average molecular weight is 347 g/mol. The van der Waals surface area contributed by atoms with Gasteiger partial charge < -0.3 is 10.4 Å². The Morgan fingerprint density at radius 2 is 1.36 bits per heavy atom. The molecule has 0 aliphatic heterocycles. The van der Waals surface area contributed by atoms with E-state index in [2.05, 4.69) is 5.32 Å². The third-order valence-corrected chi connectivity index (χ3v) is 3.45. The van der Waals surface area contributed by atoms with Gasteiger partial charge in [-0.05, 0) is 5.56 Å². The minimum Gasteiger partial charge on any atom is -0.481 e. The summed E-state index contributed by atoms with van der Waals surface area (Å²) in [4.78, 5) is 56.7. The number of benzene rings is 1. The lowest BCUT2D eigenvalue weighted by molar-refractivity contribution is -0.138. The van der Waals surface area contributed by atoms with E-state index in [1.165, 1.54) is 0 Å². The minimum atomic E-state index is -1.05. The van der Waals surface area contributed by atoms with Gasteiger partial charge in [0, 0.05) is 38.6 Å². The number of rotatable bonds is 12. The van der Waals surface area contributed by atoms with Crippen LogP contribution in [0.2, 0.25) is 0 Å². The number of Topliss-reactive ketones (excluding diaryl/α,β-unsaturated/α-hetero) is 3. The second kappa shape index (κ2) is 10.9. The molecule has 7 nitrogen and oxygen atoms in total. The molecule has 0 radical (unpaired) electrons. The van der Waals surface area contributed by atoms with Crippen molar-refractivity contribution in [3.63, 3.8) is 0 Å². The van der Waals surface area contributed by atoms with Gasteiger partial charge in [-0.25, -0.2) is 0 Å². The Labute approximate surface area is 145 Å². The number of hydrogen-bond acceptors (Lipinski definition) is 5. The first kappa shape index (κ1) is 20.2. The molecule has 0 atom stereocenters. The number of carboxylic acid groups (broad SMARTS) is 1. The molecular weight excluding hydrogens is 326 g/mol. The fraction of sp³-hybridized carbons (Fsp3) is 0.389. The van der Waals surface area contributed by atoms with E-state index in [4.69, 9.17) is 5.11 Å². The molecule has 0 bridgehead atoms. The van der Waals surface area contributed by atoms with Crippen LogP contribution in [-0.4, -0.2) is 40.9 Å². The number of carboxylic acids is 1. The summed E-state index contributed by atoms with van der Waals surface area (Å²) >= 11 is 0. The van der Waals surface area contributed by atoms with Crippen LogP contribution in [0.5, 0.6) is 0 Å². The van der Waals surface area contributed by atoms with Gasteiger partial charge in [0.2, 0.25) is 5.78 Å². The van der Waals surface area contributed by atoms with E-state index in [9.17, 15) is 24.0 Å². The van der Waals surface area contributed by atoms with Gasteiger partial charge in [-0.1, -0.05) is 30.3 Å². The van der Waals surface area contributed by atoms with Crippen molar-refractivity contribution in [1.82, 2.24) is 5.32 Å². The van der Waals surface area contributed by atoms with Gasteiger partial charge in [-0.15, -0.1) is 0 Å². The molecular formula is C18H21NO6. The van der Waals surface area contributed by atoms with Crippen molar-refractivity contribution in [2.45, 2.75) is 38.5 Å². The van der Waals surface area contributed by atoms with Gasteiger partial charge in [0.15, 0.2) is 0 Å². The van der Waals surface area contributed by atoms with Gasteiger partial charge in [0.05, 0.1) is 6.42 Å². The number of aliphatic carboxylic acids is 1. The third-order valence-electron chi connectivity index (χ3n) is 3.45. The van der Waals surface area contributed by atoms with Crippen molar-refractivity contribution >= 4 is 29.2 Å². The summed E-state index contributed by atoms with van der Waals surface area (Å²) < 4.78 is 0. The topological polar surface area (TPSA) is 118 Å². The van der Waals surface area contributed by atoms with Gasteiger partial charge in [-0.3, -0.25) is 24.0 Å². The van der Waals surface area contributed by atoms with Crippen LogP contribution >= 0.6 is 0 Å². The van der Waals surface area contributed by atoms with Crippen LogP contribution in [0.4, 0.5) is 0 Å². The molecule has 0 saturated heterocycles. The monoisotopic (exact) mass is 347 g/mol. The zero-order valence-electron chi connectivity index (χ0n) is 13.8. The molecule has 0 heterocycles. The molecule has 0 fully saturated rings. The number of amides is 1. The maximum absolute atomic E-state index is 11.7. The summed E-state index contributed by atoms with van der Waals surface area (Å²) in [5.74, 6) is -2.88. The van der Waals surface area contributed by atoms with Crippen LogP contribution in [0, 0.1) is 0 Å². The molecule has 25 heavy (non-hydrogen) atoms. The van der Waals surface area contributed by atoms with Crippen molar-refractivity contribution in [3.8, 4) is 0 Å². The zero-order valence-corrected chi connectivity index (χ0v) is 13.8. The molecule has 134 valence electrons. The molecule has 0 unspecified atom stereocenters. The second-order valence-corrected chi connectivity index (χ2v) is 5.56. The first-order chi connectivity index (χ1) is 11.9. The molecule has 0 aliphatic rings. The lowest BCUT2D eigenvalue weighted by atomic mass is 10.1. The molecule has 0 aromatic heterocycles. The average Bonchev–Trinajstić information content (AvgIpc) is 2.58. The summed E-state index contributed by atoms with van der Waals surface area (Å²) in [6, 6.07) is 8.85. The number of carbonyl (C=O) groups excluding carboxylic acids is 4. The van der Waals surface area contributed by atoms with Gasteiger partial charge in [-0.2, -0.15) is 0 Å². The summed E-state index contributed by atoms with van der Waals surface area (Å²) in [7, 11) is 0. The van der Waals surface area contributed by atoms with Crippen molar-refractivity contribution in [2.24, 2.45) is 0 Å². The van der Waals surface area contributed by atoms with Crippen molar-refractivity contribution in [3.05, 3.63) is 35.9 Å². The van der Waals surface area contributed by atoms with Crippen LogP contribution < -0.4 is 5.32 Å². The summed E-state index contributed by atoms with van der Waals surface area (Å²) in [6.07, 6.45) is -0.311. The SMILES string of the molecule is O=C(O)CCC(=O)CCC(=O)CCNC(=O)C(=O)Cc1ccccc1. The van der Waals surface area contributed by atoms with E-state index >= 15 is 0 Å². The molecule has 2 N–H and O–H groups in total. The highest BCUT2D eigenvalue weighted by Crippen LogP contribution is 2.02. The van der Waals surface area contributed by atoms with E-state index in [-0.39, 0.29) is 56.6 Å². The molecule has 0 aliphatic carbocycles. The van der Waals surface area contributed by atoms with E-state index in [0.29, 0.717) is 0 Å². The Morgan fingerprint density at radius 1 is 0.800 bits per heavy atom. The van der Waals surface area contributed by atoms with Crippen LogP contribution in [0.1, 0.15) is 37.7 Å². The molecule has 1 amide bonds. The van der Waals surface area contributed by atoms with E-state index in [1.54, 1.807) is 24.3 Å². The molecule has 1 rings (SSSR count). The fourth-order valence-electron chi connectivity index (χ4n) is 2.05. The Balaban J connectivity index is 2.19. The second-order valence-electron chi connectivity index (χ2n) is 5.56. The molecule has 7 heteroatoms. The minimum absolute atomic E-state index is 0.00129. The first-order valence-electron chi connectivity index (χ1n) is 7.98. The molecule has 1 aromatic carbocycles. The number of carbonyl (C=O) groups is 5. The van der Waals surface area contributed by atoms with E-state index in [0.717, 1.165) is 5.56 Å². The maximum atomic E-state index is 11.7. The predicted molar refractivity (Wildman–Crippen MR) is 88.9 cm³/mol. The Kier molecular flexibility index (Phi) is 8.78. The van der Waals surface area contributed by atoms with Gasteiger partial charge in [0.1, 0.15) is 11.6 Å². The van der Waals surface area contributed by atoms with Crippen LogP contribution in [0.3, 0.4) is 0 Å². The smallest absolute Gasteiger partial charge is 0.303 e. The Bertz CT molecular complexity index is 638. The highest BCUT2D eigenvalue weighted by Gasteiger charge is 2.14. The Morgan fingerprint density at radius 3 is 1.96 bits per heavy atom. The van der Waals surface area contributed by atoms with Crippen molar-refractivity contribution < 1.29 is 29.1 Å². The van der Waals surface area contributed by atoms with E-state index in [1.807, 2.05) is 6.07 Å². The summed E-state index contributed by atoms with van der Waals surface area (Å²) in [5, 5.41) is 10.8. The highest BCUT2D eigenvalue weighted by atomic mass is 16.4. The normalized spacial score (nSPS) is 10.1. The quantitative estimate of drug-likeness (QED) is 0.547. The molecule has 0 saturated carbocycles. The maximum Gasteiger partial charge on any atom is 0.303 e. The molecule has 1 aromatic rings. The molecule has 0 spiro atoms. The highest BCUT2D eigenvalue weighted by molar-refractivity contribution is 6.36. The van der Waals surface area contributed by atoms with Crippen LogP contribution in [0.15, 0.2) is 30.3 Å². The van der Waals surface area contributed by atoms with E-state index < -0.39 is 17.7 Å². The van der Waals surface area contributed by atoms with Crippen molar-refractivity contribution in [2.75, 3.05) is 6.54 Å². The number of nitrogens with one attached hydrogen (secondary N) is 1. The lowest BCUT2D eigenvalue weighted by Gasteiger charge is -2.04. The van der Waals surface area contributed by atoms with Crippen molar-refractivity contribution in [1.29, 1.82) is 0 Å². The third kappa shape index (κ3) is 9.14. The van der Waals surface area contributed by atoms with Gasteiger partial charge in [0.25, 0.3) is 5.91 Å². The summed E-state index contributed by atoms with van der Waals surface area (Å²) in [6.45, 7) is 0.0293. The first-order valence-corrected chi connectivity index (χ1v) is 7.98. The lowest BCUT2D eigenvalue weighted by Crippen LogP contribution is -2.33. The largest absolute Gasteiger partial charge is 0.481 e.